The number of methoxy groups -OCH3 is 2. The van der Waals surface area contributed by atoms with Gasteiger partial charge in [-0.25, -0.2) is 0 Å². The lowest BCUT2D eigenvalue weighted by molar-refractivity contribution is 0.394. The first kappa shape index (κ1) is 14.2. The minimum absolute atomic E-state index is 0.731. The average molecular weight is 276 g/mol. The Morgan fingerprint density at radius 2 is 1.70 bits per heavy atom. The first-order chi connectivity index (χ1) is 9.73. The Morgan fingerprint density at radius 3 is 2.20 bits per heavy atom. The molecule has 1 N–H and O–H groups in total. The van der Waals surface area contributed by atoms with Gasteiger partial charge in [-0.1, -0.05) is 0 Å². The smallest absolute Gasteiger partial charge is 0.224 e. The van der Waals surface area contributed by atoms with Crippen molar-refractivity contribution in [2.75, 3.05) is 26.1 Å². The van der Waals surface area contributed by atoms with Crippen LogP contribution in [0.2, 0.25) is 0 Å². The van der Waals surface area contributed by atoms with Gasteiger partial charge in [0.25, 0.3) is 0 Å². The molecule has 108 valence electrons. The summed E-state index contributed by atoms with van der Waals surface area (Å²) < 4.78 is 12.6. The Morgan fingerprint density at radius 1 is 1.05 bits per heavy atom. The summed E-state index contributed by atoms with van der Waals surface area (Å²) in [6.07, 6.45) is 0. The van der Waals surface area contributed by atoms with E-state index in [9.17, 15) is 0 Å². The first-order valence-electron chi connectivity index (χ1n) is 6.64. The SMILES string of the molecule is CCNc1nnc(-c2cc(OC)cc(OC)c2)n1CC. The van der Waals surface area contributed by atoms with E-state index in [1.54, 1.807) is 14.2 Å². The molecular weight excluding hydrogens is 256 g/mol. The summed E-state index contributed by atoms with van der Waals surface area (Å²) >= 11 is 0. The maximum atomic E-state index is 5.29. The van der Waals surface area contributed by atoms with Crippen LogP contribution < -0.4 is 14.8 Å². The number of benzene rings is 1. The summed E-state index contributed by atoms with van der Waals surface area (Å²) in [7, 11) is 3.26. The number of hydrogen-bond acceptors (Lipinski definition) is 5. The Balaban J connectivity index is 2.50. The molecular formula is C14H20N4O2. The molecule has 0 spiro atoms. The molecule has 20 heavy (non-hydrogen) atoms. The highest BCUT2D eigenvalue weighted by molar-refractivity contribution is 5.62. The quantitative estimate of drug-likeness (QED) is 0.878. The number of rotatable bonds is 6. The highest BCUT2D eigenvalue weighted by Crippen LogP contribution is 2.29. The van der Waals surface area contributed by atoms with Crippen LogP contribution in [-0.2, 0) is 6.54 Å². The van der Waals surface area contributed by atoms with Gasteiger partial charge in [-0.3, -0.25) is 4.57 Å². The normalized spacial score (nSPS) is 10.4. The summed E-state index contributed by atoms with van der Waals surface area (Å²) in [5.41, 5.74) is 0.916. The number of nitrogens with zero attached hydrogens (tertiary/aromatic N) is 3. The van der Waals surface area contributed by atoms with E-state index in [1.807, 2.05) is 29.7 Å². The van der Waals surface area contributed by atoms with Gasteiger partial charge in [-0.15, -0.1) is 10.2 Å². The Labute approximate surface area is 118 Å². The molecule has 1 heterocycles. The molecule has 0 unspecified atom stereocenters. The van der Waals surface area contributed by atoms with Gasteiger partial charge in [-0.2, -0.15) is 0 Å². The van der Waals surface area contributed by atoms with Gasteiger partial charge in [-0.05, 0) is 26.0 Å². The number of anilines is 1. The van der Waals surface area contributed by atoms with Crippen molar-refractivity contribution in [3.05, 3.63) is 18.2 Å². The maximum Gasteiger partial charge on any atom is 0.224 e. The van der Waals surface area contributed by atoms with Crippen LogP contribution in [0.4, 0.5) is 5.95 Å². The topological polar surface area (TPSA) is 61.2 Å². The van der Waals surface area contributed by atoms with E-state index in [0.717, 1.165) is 41.9 Å². The summed E-state index contributed by atoms with van der Waals surface area (Å²) in [6, 6.07) is 5.68. The molecule has 6 heteroatoms. The van der Waals surface area contributed by atoms with Crippen LogP contribution in [0, 0.1) is 0 Å². The Hall–Kier alpha value is -2.24. The standard InChI is InChI=1S/C14H20N4O2/c1-5-15-14-17-16-13(18(14)6-2)10-7-11(19-3)9-12(8-10)20-4/h7-9H,5-6H2,1-4H3,(H,15,17). The fourth-order valence-electron chi connectivity index (χ4n) is 2.04. The average Bonchev–Trinajstić information content (AvgIpc) is 2.89. The third-order valence-electron chi connectivity index (χ3n) is 3.01. The van der Waals surface area contributed by atoms with Crippen molar-refractivity contribution in [3.8, 4) is 22.9 Å². The third-order valence-corrected chi connectivity index (χ3v) is 3.01. The fourth-order valence-corrected chi connectivity index (χ4v) is 2.04. The molecule has 0 amide bonds. The van der Waals surface area contributed by atoms with Crippen LogP contribution in [0.1, 0.15) is 13.8 Å². The zero-order valence-electron chi connectivity index (χ0n) is 12.3. The molecule has 0 bridgehead atoms. The minimum atomic E-state index is 0.731. The Bertz CT molecular complexity index is 558. The van der Waals surface area contributed by atoms with Gasteiger partial charge in [0.1, 0.15) is 11.5 Å². The molecule has 0 atom stereocenters. The van der Waals surface area contributed by atoms with Gasteiger partial charge in [0.05, 0.1) is 14.2 Å². The molecule has 0 aliphatic heterocycles. The van der Waals surface area contributed by atoms with E-state index in [1.165, 1.54) is 0 Å². The van der Waals surface area contributed by atoms with Crippen LogP contribution in [0.25, 0.3) is 11.4 Å². The maximum absolute atomic E-state index is 5.29. The molecule has 0 saturated carbocycles. The predicted molar refractivity (Wildman–Crippen MR) is 78.4 cm³/mol. The zero-order chi connectivity index (χ0) is 14.5. The summed E-state index contributed by atoms with van der Waals surface area (Å²) in [4.78, 5) is 0. The third kappa shape index (κ3) is 2.68. The second-order valence-electron chi connectivity index (χ2n) is 4.22. The van der Waals surface area contributed by atoms with E-state index in [-0.39, 0.29) is 0 Å². The summed E-state index contributed by atoms with van der Waals surface area (Å²) in [5.74, 6) is 3.03. The van der Waals surface area contributed by atoms with Crippen molar-refractivity contribution in [2.24, 2.45) is 0 Å². The molecule has 1 aromatic carbocycles. The lowest BCUT2D eigenvalue weighted by Crippen LogP contribution is -2.07. The number of aromatic nitrogens is 3. The molecule has 0 aliphatic carbocycles. The zero-order valence-corrected chi connectivity index (χ0v) is 12.3. The largest absolute Gasteiger partial charge is 0.497 e. The lowest BCUT2D eigenvalue weighted by Gasteiger charge is -2.10. The van der Waals surface area contributed by atoms with E-state index >= 15 is 0 Å². The van der Waals surface area contributed by atoms with Crippen LogP contribution in [0.15, 0.2) is 18.2 Å². The molecule has 0 aliphatic rings. The molecule has 1 aromatic heterocycles. The number of nitrogens with one attached hydrogen (secondary N) is 1. The van der Waals surface area contributed by atoms with Crippen LogP contribution in [0.3, 0.4) is 0 Å². The van der Waals surface area contributed by atoms with Gasteiger partial charge in [0.15, 0.2) is 5.82 Å². The molecule has 2 rings (SSSR count). The van der Waals surface area contributed by atoms with Crippen molar-refractivity contribution >= 4 is 5.95 Å². The van der Waals surface area contributed by atoms with E-state index in [0.29, 0.717) is 0 Å². The van der Waals surface area contributed by atoms with Crippen LogP contribution >= 0.6 is 0 Å². The van der Waals surface area contributed by atoms with Crippen LogP contribution in [0.5, 0.6) is 11.5 Å². The van der Waals surface area contributed by atoms with E-state index in [2.05, 4.69) is 22.4 Å². The highest BCUT2D eigenvalue weighted by atomic mass is 16.5. The lowest BCUT2D eigenvalue weighted by atomic mass is 10.2. The molecule has 0 saturated heterocycles. The van der Waals surface area contributed by atoms with E-state index in [4.69, 9.17) is 9.47 Å². The second kappa shape index (κ2) is 6.27. The summed E-state index contributed by atoms with van der Waals surface area (Å²) in [6.45, 7) is 5.68. The summed E-state index contributed by atoms with van der Waals surface area (Å²) in [5, 5.41) is 11.7. The van der Waals surface area contributed by atoms with Gasteiger partial charge < -0.3 is 14.8 Å². The molecule has 0 radical (unpaired) electrons. The van der Waals surface area contributed by atoms with Crippen molar-refractivity contribution in [1.29, 1.82) is 0 Å². The minimum Gasteiger partial charge on any atom is -0.497 e. The first-order valence-corrected chi connectivity index (χ1v) is 6.64. The second-order valence-corrected chi connectivity index (χ2v) is 4.22. The Kier molecular flexibility index (Phi) is 4.45. The monoisotopic (exact) mass is 276 g/mol. The van der Waals surface area contributed by atoms with Crippen molar-refractivity contribution < 1.29 is 9.47 Å². The van der Waals surface area contributed by atoms with Crippen molar-refractivity contribution in [2.45, 2.75) is 20.4 Å². The van der Waals surface area contributed by atoms with Crippen molar-refractivity contribution in [3.63, 3.8) is 0 Å². The number of ether oxygens (including phenoxy) is 2. The van der Waals surface area contributed by atoms with E-state index < -0.39 is 0 Å². The number of hydrogen-bond donors (Lipinski definition) is 1. The molecule has 6 nitrogen and oxygen atoms in total. The van der Waals surface area contributed by atoms with Gasteiger partial charge in [0, 0.05) is 24.7 Å². The van der Waals surface area contributed by atoms with Gasteiger partial charge >= 0.3 is 0 Å². The predicted octanol–water partition coefficient (Wildman–Crippen LogP) is 2.41. The molecule has 2 aromatic rings. The highest BCUT2D eigenvalue weighted by Gasteiger charge is 2.14. The van der Waals surface area contributed by atoms with Crippen molar-refractivity contribution in [1.82, 2.24) is 14.8 Å². The fraction of sp³-hybridized carbons (Fsp3) is 0.429. The van der Waals surface area contributed by atoms with Gasteiger partial charge in [0.2, 0.25) is 5.95 Å². The van der Waals surface area contributed by atoms with Crippen LogP contribution in [-0.4, -0.2) is 35.5 Å². The molecule has 0 fully saturated rings.